The Morgan fingerprint density at radius 2 is 2.13 bits per heavy atom. The van der Waals surface area contributed by atoms with Crippen LogP contribution in [0.2, 0.25) is 0 Å². The third kappa shape index (κ3) is 1.79. The topological polar surface area (TPSA) is 89.3 Å². The van der Waals surface area contributed by atoms with Crippen molar-refractivity contribution < 1.29 is 13.2 Å². The summed E-state index contributed by atoms with van der Waals surface area (Å²) in [4.78, 5) is 11.6. The van der Waals surface area contributed by atoms with Crippen LogP contribution in [0.4, 0.5) is 0 Å². The molecule has 0 aliphatic heterocycles. The monoisotopic (exact) mass is 230 g/mol. The van der Waals surface area contributed by atoms with E-state index in [-0.39, 0.29) is 5.92 Å². The molecular weight excluding hydrogens is 216 g/mol. The highest BCUT2D eigenvalue weighted by atomic mass is 32.2. The lowest BCUT2D eigenvalue weighted by Crippen LogP contribution is -2.47. The summed E-state index contributed by atoms with van der Waals surface area (Å²) in [5.41, 5.74) is 4.67. The van der Waals surface area contributed by atoms with Crippen LogP contribution < -0.4 is 10.5 Å². The summed E-state index contributed by atoms with van der Waals surface area (Å²) in [5.74, 6) is -0.703. The van der Waals surface area contributed by atoms with Gasteiger partial charge >= 0.3 is 0 Å². The molecule has 0 aromatic carbocycles. The van der Waals surface area contributed by atoms with Gasteiger partial charge in [-0.3, -0.25) is 9.52 Å². The molecule has 6 heteroatoms. The van der Waals surface area contributed by atoms with Gasteiger partial charge in [-0.1, -0.05) is 6.08 Å². The van der Waals surface area contributed by atoms with Crippen molar-refractivity contribution in [2.24, 2.45) is 11.7 Å². The van der Waals surface area contributed by atoms with E-state index in [0.29, 0.717) is 19.3 Å². The predicted octanol–water partition coefficient (Wildman–Crippen LogP) is -0.502. The fraction of sp³-hybridized carbons (Fsp3) is 0.667. The van der Waals surface area contributed by atoms with E-state index in [2.05, 4.69) is 6.58 Å². The second-order valence-corrected chi connectivity index (χ2v) is 6.22. The molecule has 84 valence electrons. The van der Waals surface area contributed by atoms with Gasteiger partial charge in [0.1, 0.15) is 5.54 Å². The molecular formula is C9H14N2O3S. The molecule has 0 heterocycles. The van der Waals surface area contributed by atoms with Gasteiger partial charge in [-0.2, -0.15) is 0 Å². The number of carbonyl (C=O) groups is 1. The maximum atomic E-state index is 11.6. The van der Waals surface area contributed by atoms with Gasteiger partial charge in [-0.25, -0.2) is 8.42 Å². The SMILES string of the molecule is C=CC1C[C@]1(N)C(=O)NS(=O)(=O)C1CC1. The highest BCUT2D eigenvalue weighted by Gasteiger charge is 2.56. The molecule has 0 bridgehead atoms. The molecule has 2 aliphatic carbocycles. The minimum atomic E-state index is -3.47. The summed E-state index contributed by atoms with van der Waals surface area (Å²) < 4.78 is 25.0. The van der Waals surface area contributed by atoms with E-state index < -0.39 is 26.7 Å². The first kappa shape index (κ1) is 10.6. The van der Waals surface area contributed by atoms with Crippen molar-refractivity contribution >= 4 is 15.9 Å². The minimum Gasteiger partial charge on any atom is -0.317 e. The molecule has 15 heavy (non-hydrogen) atoms. The van der Waals surface area contributed by atoms with Crippen molar-refractivity contribution in [3.05, 3.63) is 12.7 Å². The fourth-order valence-electron chi connectivity index (χ4n) is 1.55. The molecule has 0 aromatic heterocycles. The lowest BCUT2D eigenvalue weighted by Gasteiger charge is -2.11. The Kier molecular flexibility index (Phi) is 2.16. The van der Waals surface area contributed by atoms with Crippen molar-refractivity contribution in [3.63, 3.8) is 0 Å². The van der Waals surface area contributed by atoms with Crippen molar-refractivity contribution in [2.75, 3.05) is 0 Å². The Bertz CT molecular complexity index is 413. The number of rotatable bonds is 4. The number of sulfonamides is 1. The Morgan fingerprint density at radius 1 is 1.53 bits per heavy atom. The van der Waals surface area contributed by atoms with Gasteiger partial charge in [0, 0.05) is 5.92 Å². The molecule has 0 radical (unpaired) electrons. The number of carbonyl (C=O) groups excluding carboxylic acids is 1. The largest absolute Gasteiger partial charge is 0.317 e. The van der Waals surface area contributed by atoms with Gasteiger partial charge in [0.15, 0.2) is 0 Å². The Morgan fingerprint density at radius 3 is 2.53 bits per heavy atom. The molecule has 2 rings (SSSR count). The molecule has 2 fully saturated rings. The molecule has 1 unspecified atom stereocenters. The smallest absolute Gasteiger partial charge is 0.254 e. The number of hydrogen-bond acceptors (Lipinski definition) is 4. The van der Waals surface area contributed by atoms with E-state index in [9.17, 15) is 13.2 Å². The molecule has 2 saturated carbocycles. The lowest BCUT2D eigenvalue weighted by atomic mass is 10.2. The van der Waals surface area contributed by atoms with Crippen LogP contribution >= 0.6 is 0 Å². The van der Waals surface area contributed by atoms with Crippen LogP contribution in [0.25, 0.3) is 0 Å². The van der Waals surface area contributed by atoms with E-state index in [4.69, 9.17) is 5.73 Å². The van der Waals surface area contributed by atoms with Crippen molar-refractivity contribution in [1.82, 2.24) is 4.72 Å². The van der Waals surface area contributed by atoms with Crippen LogP contribution in [-0.4, -0.2) is 25.1 Å². The zero-order valence-corrected chi connectivity index (χ0v) is 9.09. The third-order valence-electron chi connectivity index (χ3n) is 2.96. The molecule has 0 saturated heterocycles. The van der Waals surface area contributed by atoms with Gasteiger partial charge in [-0.05, 0) is 19.3 Å². The molecule has 2 atom stereocenters. The first-order valence-corrected chi connectivity index (χ1v) is 6.42. The summed E-state index contributed by atoms with van der Waals surface area (Å²) in [6, 6.07) is 0. The zero-order valence-electron chi connectivity index (χ0n) is 8.27. The molecule has 5 nitrogen and oxygen atoms in total. The number of hydrogen-bond donors (Lipinski definition) is 2. The predicted molar refractivity (Wildman–Crippen MR) is 55.3 cm³/mol. The molecule has 2 aliphatic rings. The summed E-state index contributed by atoms with van der Waals surface area (Å²) in [5, 5.41) is -0.397. The van der Waals surface area contributed by atoms with Crippen molar-refractivity contribution in [1.29, 1.82) is 0 Å². The van der Waals surface area contributed by atoms with Crippen molar-refractivity contribution in [2.45, 2.75) is 30.1 Å². The number of amides is 1. The van der Waals surface area contributed by atoms with Crippen LogP contribution in [0.5, 0.6) is 0 Å². The maximum absolute atomic E-state index is 11.6. The molecule has 1 amide bonds. The number of nitrogens with two attached hydrogens (primary N) is 1. The quantitative estimate of drug-likeness (QED) is 0.637. The standard InChI is InChI=1S/C9H14N2O3S/c1-2-6-5-9(6,10)8(12)11-15(13,14)7-3-4-7/h2,6-7H,1,3-5,10H2,(H,11,12)/t6?,9-/m1/s1. The summed E-state index contributed by atoms with van der Waals surface area (Å²) in [7, 11) is -3.47. The normalized spacial score (nSPS) is 34.6. The second-order valence-electron chi connectivity index (χ2n) is 4.26. The van der Waals surface area contributed by atoms with Crippen LogP contribution in [0.1, 0.15) is 19.3 Å². The average Bonchev–Trinajstić information content (AvgIpc) is 2.97. The zero-order chi connectivity index (χ0) is 11.3. The molecule has 0 aromatic rings. The van der Waals surface area contributed by atoms with E-state index in [1.807, 2.05) is 4.72 Å². The Labute approximate surface area is 88.8 Å². The lowest BCUT2D eigenvalue weighted by molar-refractivity contribution is -0.121. The molecule has 0 spiro atoms. The highest BCUT2D eigenvalue weighted by molar-refractivity contribution is 7.90. The van der Waals surface area contributed by atoms with Crippen LogP contribution in [-0.2, 0) is 14.8 Å². The van der Waals surface area contributed by atoms with E-state index in [0.717, 1.165) is 0 Å². The van der Waals surface area contributed by atoms with Gasteiger partial charge in [-0.15, -0.1) is 6.58 Å². The van der Waals surface area contributed by atoms with Crippen LogP contribution in [0.15, 0.2) is 12.7 Å². The molecule has 3 N–H and O–H groups in total. The van der Waals surface area contributed by atoms with E-state index in [1.54, 1.807) is 6.08 Å². The summed E-state index contributed by atoms with van der Waals surface area (Å²) in [6.45, 7) is 3.54. The summed E-state index contributed by atoms with van der Waals surface area (Å²) >= 11 is 0. The van der Waals surface area contributed by atoms with Crippen molar-refractivity contribution in [3.8, 4) is 0 Å². The minimum absolute atomic E-state index is 0.105. The first-order chi connectivity index (χ1) is 6.90. The number of nitrogens with one attached hydrogen (secondary N) is 1. The summed E-state index contributed by atoms with van der Waals surface area (Å²) in [6.07, 6.45) is 3.32. The highest BCUT2D eigenvalue weighted by Crippen LogP contribution is 2.42. The Hall–Kier alpha value is -0.880. The van der Waals surface area contributed by atoms with E-state index >= 15 is 0 Å². The Balaban J connectivity index is 2.02. The van der Waals surface area contributed by atoms with Gasteiger partial charge in [0.2, 0.25) is 10.0 Å². The maximum Gasteiger partial charge on any atom is 0.254 e. The first-order valence-electron chi connectivity index (χ1n) is 4.87. The van der Waals surface area contributed by atoms with Gasteiger partial charge in [0.25, 0.3) is 5.91 Å². The second kappa shape index (κ2) is 3.05. The fourth-order valence-corrected chi connectivity index (χ4v) is 2.92. The average molecular weight is 230 g/mol. The van der Waals surface area contributed by atoms with Gasteiger partial charge < -0.3 is 5.73 Å². The van der Waals surface area contributed by atoms with E-state index in [1.165, 1.54) is 0 Å². The van der Waals surface area contributed by atoms with Gasteiger partial charge in [0.05, 0.1) is 5.25 Å². The van der Waals surface area contributed by atoms with Crippen LogP contribution in [0, 0.1) is 5.92 Å². The van der Waals surface area contributed by atoms with Crippen LogP contribution in [0.3, 0.4) is 0 Å². The third-order valence-corrected chi connectivity index (χ3v) is 4.78.